The Bertz CT molecular complexity index is 777. The first-order chi connectivity index (χ1) is 15.8. The molecule has 0 aliphatic heterocycles. The number of benzene rings is 2. The number of nitrogens with one attached hydrogen (secondary N) is 1. The maximum atomic E-state index is 4.50. The molecule has 0 aliphatic rings. The van der Waals surface area contributed by atoms with E-state index >= 15 is 0 Å². The van der Waals surface area contributed by atoms with Gasteiger partial charge in [-0.2, -0.15) is 0 Å². The van der Waals surface area contributed by atoms with Crippen molar-refractivity contribution in [3.63, 3.8) is 0 Å². The molecule has 0 radical (unpaired) electrons. The van der Waals surface area contributed by atoms with Crippen LogP contribution in [0, 0.1) is 6.92 Å². The fraction of sp³-hybridized carbons (Fsp3) is 0.533. The standard InChI is InChI=1S/C16H24.C11H17NS.C2H7N.CH5N/c1-7-8-14-15(11(2)3)9-13(6)10-16(14)12(4)5;1-11(2,12(3)4)9-5-7-10(13)8-6-9;1-3-2;1-2/h7,9-12H,1,8H2,2-6H3;5-8,13H,1-4H3;3H,1-2H3;2H2,1H3. The molecule has 2 rings (SSSR count). The predicted octanol–water partition coefficient (Wildman–Crippen LogP) is 7.15. The number of nitrogens with two attached hydrogens (primary N) is 1. The highest BCUT2D eigenvalue weighted by atomic mass is 32.1. The van der Waals surface area contributed by atoms with Crippen LogP contribution in [-0.4, -0.2) is 40.1 Å². The Morgan fingerprint density at radius 1 is 0.971 bits per heavy atom. The van der Waals surface area contributed by atoms with Gasteiger partial charge in [0.2, 0.25) is 0 Å². The van der Waals surface area contributed by atoms with Crippen molar-refractivity contribution in [2.24, 2.45) is 5.73 Å². The van der Waals surface area contributed by atoms with Crippen molar-refractivity contribution in [1.82, 2.24) is 10.2 Å². The Labute approximate surface area is 217 Å². The molecule has 0 saturated carbocycles. The van der Waals surface area contributed by atoms with Gasteiger partial charge in [-0.3, -0.25) is 0 Å². The zero-order chi connectivity index (χ0) is 27.1. The molecule has 0 saturated heterocycles. The van der Waals surface area contributed by atoms with E-state index in [0.29, 0.717) is 11.8 Å². The third kappa shape index (κ3) is 11.7. The van der Waals surface area contributed by atoms with Gasteiger partial charge in [0.25, 0.3) is 0 Å². The van der Waals surface area contributed by atoms with Crippen LogP contribution >= 0.6 is 12.6 Å². The van der Waals surface area contributed by atoms with Crippen LogP contribution in [0.2, 0.25) is 0 Å². The Morgan fingerprint density at radius 2 is 1.35 bits per heavy atom. The average molecular weight is 488 g/mol. The van der Waals surface area contributed by atoms with Gasteiger partial charge in [0.05, 0.1) is 0 Å². The third-order valence-corrected chi connectivity index (χ3v) is 6.05. The molecule has 2 aromatic carbocycles. The second-order valence-corrected chi connectivity index (χ2v) is 10.2. The van der Waals surface area contributed by atoms with Gasteiger partial charge in [0, 0.05) is 10.4 Å². The minimum absolute atomic E-state index is 0.0848. The van der Waals surface area contributed by atoms with Crippen LogP contribution in [0.3, 0.4) is 0 Å². The maximum absolute atomic E-state index is 4.50. The van der Waals surface area contributed by atoms with Crippen LogP contribution < -0.4 is 11.1 Å². The summed E-state index contributed by atoms with van der Waals surface area (Å²) >= 11 is 4.27. The van der Waals surface area contributed by atoms with Crippen molar-refractivity contribution in [2.75, 3.05) is 35.2 Å². The van der Waals surface area contributed by atoms with Gasteiger partial charge in [0.1, 0.15) is 0 Å². The van der Waals surface area contributed by atoms with E-state index in [1.807, 2.05) is 32.3 Å². The van der Waals surface area contributed by atoms with Gasteiger partial charge >= 0.3 is 0 Å². The van der Waals surface area contributed by atoms with Gasteiger partial charge in [0.15, 0.2) is 0 Å². The van der Waals surface area contributed by atoms with Crippen molar-refractivity contribution in [3.8, 4) is 0 Å². The number of allylic oxidation sites excluding steroid dienone is 1. The summed E-state index contributed by atoms with van der Waals surface area (Å²) in [6, 6.07) is 13.0. The first kappa shape index (κ1) is 34.6. The van der Waals surface area contributed by atoms with Gasteiger partial charge in [-0.15, -0.1) is 19.2 Å². The Morgan fingerprint density at radius 3 is 1.65 bits per heavy atom. The number of hydrogen-bond donors (Lipinski definition) is 3. The van der Waals surface area contributed by atoms with Crippen LogP contribution in [0.15, 0.2) is 53.9 Å². The van der Waals surface area contributed by atoms with E-state index in [2.05, 4.69) is 122 Å². The minimum Gasteiger partial charge on any atom is -0.333 e. The maximum Gasteiger partial charge on any atom is 0.0398 e. The summed E-state index contributed by atoms with van der Waals surface area (Å²) in [5.41, 5.74) is 11.7. The molecule has 2 aromatic rings. The largest absolute Gasteiger partial charge is 0.333 e. The van der Waals surface area contributed by atoms with Gasteiger partial charge in [-0.05, 0) is 109 Å². The Kier molecular flexibility index (Phi) is 18.1. The van der Waals surface area contributed by atoms with E-state index in [9.17, 15) is 0 Å². The number of rotatable bonds is 6. The number of aryl methyl sites for hydroxylation is 1. The molecule has 0 heterocycles. The summed E-state index contributed by atoms with van der Waals surface area (Å²) in [5, 5.41) is 2.75. The molecule has 0 amide bonds. The van der Waals surface area contributed by atoms with E-state index in [1.165, 1.54) is 34.9 Å². The quantitative estimate of drug-likeness (QED) is 0.299. The van der Waals surface area contributed by atoms with E-state index in [-0.39, 0.29) is 5.54 Å². The minimum atomic E-state index is 0.0848. The van der Waals surface area contributed by atoms with Crippen molar-refractivity contribution in [1.29, 1.82) is 0 Å². The normalized spacial score (nSPS) is 10.6. The zero-order valence-electron chi connectivity index (χ0n) is 24.1. The predicted molar refractivity (Wildman–Crippen MR) is 159 cm³/mol. The smallest absolute Gasteiger partial charge is 0.0398 e. The third-order valence-electron chi connectivity index (χ3n) is 5.75. The highest BCUT2D eigenvalue weighted by Crippen LogP contribution is 2.30. The highest BCUT2D eigenvalue weighted by Gasteiger charge is 2.22. The molecule has 0 fully saturated rings. The topological polar surface area (TPSA) is 41.3 Å². The first-order valence-corrected chi connectivity index (χ1v) is 12.6. The van der Waals surface area contributed by atoms with Crippen LogP contribution in [0.4, 0.5) is 0 Å². The molecular formula is C30H53N3S. The summed E-state index contributed by atoms with van der Waals surface area (Å²) in [6.07, 6.45) is 3.00. The molecule has 0 bridgehead atoms. The van der Waals surface area contributed by atoms with Crippen molar-refractivity contribution in [2.45, 2.75) is 77.2 Å². The summed E-state index contributed by atoms with van der Waals surface area (Å²) in [7, 11) is 9.43. The Balaban J connectivity index is 0. The van der Waals surface area contributed by atoms with Gasteiger partial charge in [-0.25, -0.2) is 0 Å². The lowest BCUT2D eigenvalue weighted by atomic mass is 9.85. The average Bonchev–Trinajstić information content (AvgIpc) is 2.77. The second-order valence-electron chi connectivity index (χ2n) is 9.72. The molecule has 194 valence electrons. The molecule has 4 heteroatoms. The summed E-state index contributed by atoms with van der Waals surface area (Å²) in [6.45, 7) is 19.6. The van der Waals surface area contributed by atoms with E-state index in [4.69, 9.17) is 0 Å². The molecule has 0 spiro atoms. The molecule has 34 heavy (non-hydrogen) atoms. The lowest BCUT2D eigenvalue weighted by Crippen LogP contribution is -2.35. The number of hydrogen-bond acceptors (Lipinski definition) is 4. The number of thiol groups is 1. The SMILES string of the molecule is C=CCc1c(C(C)C)cc(C)cc1C(C)C.CN.CN(C)C(C)(C)c1ccc(S)cc1.CNC. The van der Waals surface area contributed by atoms with E-state index < -0.39 is 0 Å². The number of nitrogens with zero attached hydrogens (tertiary/aromatic N) is 1. The Hall–Kier alpha value is -1.59. The molecule has 0 aromatic heterocycles. The molecule has 3 N–H and O–H groups in total. The van der Waals surface area contributed by atoms with Gasteiger partial charge in [-0.1, -0.05) is 63.6 Å². The molecule has 0 unspecified atom stereocenters. The van der Waals surface area contributed by atoms with E-state index in [1.54, 1.807) is 0 Å². The van der Waals surface area contributed by atoms with Gasteiger partial charge < -0.3 is 16.0 Å². The highest BCUT2D eigenvalue weighted by molar-refractivity contribution is 7.80. The summed E-state index contributed by atoms with van der Waals surface area (Å²) in [5.74, 6) is 1.18. The zero-order valence-corrected chi connectivity index (χ0v) is 25.0. The first-order valence-electron chi connectivity index (χ1n) is 12.2. The lowest BCUT2D eigenvalue weighted by molar-refractivity contribution is 0.197. The van der Waals surface area contributed by atoms with Crippen LogP contribution in [0.5, 0.6) is 0 Å². The monoisotopic (exact) mass is 487 g/mol. The van der Waals surface area contributed by atoms with E-state index in [0.717, 1.165) is 11.3 Å². The van der Waals surface area contributed by atoms with Crippen LogP contribution in [-0.2, 0) is 12.0 Å². The lowest BCUT2D eigenvalue weighted by Gasteiger charge is -2.33. The van der Waals surface area contributed by atoms with Crippen molar-refractivity contribution in [3.05, 3.63) is 76.9 Å². The molecular weight excluding hydrogens is 434 g/mol. The summed E-state index contributed by atoms with van der Waals surface area (Å²) in [4.78, 5) is 3.22. The van der Waals surface area contributed by atoms with Crippen molar-refractivity contribution >= 4 is 12.6 Å². The fourth-order valence-corrected chi connectivity index (χ4v) is 3.56. The van der Waals surface area contributed by atoms with Crippen LogP contribution in [0.1, 0.15) is 81.2 Å². The molecule has 3 nitrogen and oxygen atoms in total. The fourth-order valence-electron chi connectivity index (χ4n) is 3.41. The van der Waals surface area contributed by atoms with Crippen LogP contribution in [0.25, 0.3) is 0 Å². The summed E-state index contributed by atoms with van der Waals surface area (Å²) < 4.78 is 0. The molecule has 0 aliphatic carbocycles. The van der Waals surface area contributed by atoms with Crippen molar-refractivity contribution < 1.29 is 0 Å². The molecule has 0 atom stereocenters. The second kappa shape index (κ2) is 17.8.